The summed E-state index contributed by atoms with van der Waals surface area (Å²) in [6.07, 6.45) is 0.922. The highest BCUT2D eigenvalue weighted by Gasteiger charge is 2.52. The predicted molar refractivity (Wildman–Crippen MR) is 147 cm³/mol. The number of phenolic OH excluding ortho intramolecular Hbond substituents is 1. The molecule has 1 aromatic rings. The van der Waals surface area contributed by atoms with Gasteiger partial charge in [-0.15, -0.1) is 0 Å². The van der Waals surface area contributed by atoms with E-state index in [0.29, 0.717) is 12.8 Å². The molecule has 4 rings (SSSR count). The molecule has 1 aliphatic carbocycles. The molecule has 0 saturated heterocycles. The van der Waals surface area contributed by atoms with Gasteiger partial charge in [0, 0.05) is 36.0 Å². The van der Waals surface area contributed by atoms with E-state index < -0.39 is 58.2 Å². The van der Waals surface area contributed by atoms with Crippen LogP contribution in [0.3, 0.4) is 0 Å². The molecule has 4 atom stereocenters. The van der Waals surface area contributed by atoms with E-state index in [-0.39, 0.29) is 65.1 Å². The summed E-state index contributed by atoms with van der Waals surface area (Å²) in [4.78, 5) is 68.4. The number of carbonyl (C=O) groups excluding carboxylic acids is 5. The van der Waals surface area contributed by atoms with Crippen molar-refractivity contribution in [3.05, 3.63) is 51.7 Å². The minimum Gasteiger partial charge on any atom is -0.507 e. The molecule has 1 amide bonds. The van der Waals surface area contributed by atoms with Gasteiger partial charge in [-0.2, -0.15) is 0 Å². The molecule has 10 nitrogen and oxygen atoms in total. The normalized spacial score (nSPS) is 28.4. The molecule has 2 heterocycles. The number of hydrogen-bond acceptors (Lipinski definition) is 9. The summed E-state index contributed by atoms with van der Waals surface area (Å²) in [6.45, 7) is 7.79. The molecule has 2 aliphatic heterocycles. The van der Waals surface area contributed by atoms with E-state index in [1.54, 1.807) is 6.08 Å². The monoisotopic (exact) mass is 567 g/mol. The average molecular weight is 568 g/mol. The lowest BCUT2D eigenvalue weighted by Gasteiger charge is -2.35. The van der Waals surface area contributed by atoms with Crippen LogP contribution in [0.4, 0.5) is 0 Å². The van der Waals surface area contributed by atoms with Crippen LogP contribution in [-0.4, -0.2) is 62.4 Å². The lowest BCUT2D eigenvalue weighted by molar-refractivity contribution is -0.166. The van der Waals surface area contributed by atoms with Gasteiger partial charge >= 0.3 is 5.97 Å². The van der Waals surface area contributed by atoms with Gasteiger partial charge in [0.2, 0.25) is 11.7 Å². The second-order valence-corrected chi connectivity index (χ2v) is 12.1. The van der Waals surface area contributed by atoms with Crippen LogP contribution >= 0.6 is 0 Å². The van der Waals surface area contributed by atoms with Crippen LogP contribution < -0.4 is 5.32 Å². The molecule has 0 fully saturated rings. The van der Waals surface area contributed by atoms with Crippen molar-refractivity contribution >= 4 is 29.2 Å². The molecule has 1 aromatic carbocycles. The molecular weight excluding hydrogens is 530 g/mol. The molecule has 0 radical (unpaired) electrons. The number of aromatic hydroxyl groups is 1. The van der Waals surface area contributed by atoms with E-state index >= 15 is 0 Å². The average Bonchev–Trinajstić information content (AvgIpc) is 3.03. The van der Waals surface area contributed by atoms with Gasteiger partial charge in [-0.1, -0.05) is 19.1 Å². The maximum atomic E-state index is 14.3. The quantitative estimate of drug-likeness (QED) is 0.317. The summed E-state index contributed by atoms with van der Waals surface area (Å²) in [5, 5.41) is 35.0. The maximum Gasteiger partial charge on any atom is 0.316 e. The number of cyclic esters (lactones) is 1. The summed E-state index contributed by atoms with van der Waals surface area (Å²) in [7, 11) is 0. The van der Waals surface area contributed by atoms with E-state index in [1.807, 2.05) is 6.92 Å². The number of aliphatic hydroxyl groups excluding tert-OH is 1. The van der Waals surface area contributed by atoms with E-state index in [1.165, 1.54) is 39.8 Å². The highest BCUT2D eigenvalue weighted by molar-refractivity contribution is 6.32. The summed E-state index contributed by atoms with van der Waals surface area (Å²) < 4.78 is 5.80. The smallest absolute Gasteiger partial charge is 0.316 e. The second kappa shape index (κ2) is 11.0. The molecule has 3 aliphatic rings. The van der Waals surface area contributed by atoms with E-state index in [0.717, 1.165) is 0 Å². The largest absolute Gasteiger partial charge is 0.507 e. The first-order valence-corrected chi connectivity index (χ1v) is 13.9. The standard InChI is InChI=1S/C31H37NO9/c1-6-16-7-9-18(33)20(14-30(3,4)40)41-29(39)31(5)12-11-21(35)32-25-24(31)28(38)22-17(27(25)37)13-15(2)26(36)23(22)19(34)10-8-16/h7,9,13,16,18,20,33,36,40H,6,8,10-12,14H2,1-5H3,(H,32,35)/b9-7+/t16-,18-,20-,31-/m0/s1. The molecule has 0 aromatic heterocycles. The fraction of sp³-hybridized carbons (Fsp3) is 0.516. The summed E-state index contributed by atoms with van der Waals surface area (Å²) in [5.41, 5.74) is -4.41. The van der Waals surface area contributed by atoms with Crippen LogP contribution in [-0.2, 0) is 14.3 Å². The second-order valence-electron chi connectivity index (χ2n) is 12.1. The summed E-state index contributed by atoms with van der Waals surface area (Å²) >= 11 is 0. The Morgan fingerprint density at radius 3 is 2.39 bits per heavy atom. The molecule has 0 unspecified atom stereocenters. The van der Waals surface area contributed by atoms with Crippen molar-refractivity contribution in [2.45, 2.75) is 91.0 Å². The number of allylic oxidation sites excluding steroid dienone is 2. The third kappa shape index (κ3) is 5.63. The van der Waals surface area contributed by atoms with Gasteiger partial charge in [-0.3, -0.25) is 24.0 Å². The van der Waals surface area contributed by atoms with Crippen LogP contribution in [0.25, 0.3) is 0 Å². The van der Waals surface area contributed by atoms with Crippen molar-refractivity contribution in [1.82, 2.24) is 5.32 Å². The zero-order chi connectivity index (χ0) is 30.4. The molecule has 2 bridgehead atoms. The molecule has 4 N–H and O–H groups in total. The van der Waals surface area contributed by atoms with Crippen LogP contribution in [0.5, 0.6) is 5.75 Å². The van der Waals surface area contributed by atoms with Gasteiger partial charge in [0.15, 0.2) is 11.6 Å². The van der Waals surface area contributed by atoms with Gasteiger partial charge in [0.1, 0.15) is 18.0 Å². The number of rotatable bonds is 3. The van der Waals surface area contributed by atoms with Gasteiger partial charge in [0.25, 0.3) is 0 Å². The van der Waals surface area contributed by atoms with Crippen molar-refractivity contribution in [3.63, 3.8) is 0 Å². The number of benzene rings is 1. The predicted octanol–water partition coefficient (Wildman–Crippen LogP) is 3.24. The Morgan fingerprint density at radius 2 is 1.76 bits per heavy atom. The lowest BCUT2D eigenvalue weighted by atomic mass is 9.69. The van der Waals surface area contributed by atoms with Crippen molar-refractivity contribution in [3.8, 4) is 5.75 Å². The minimum absolute atomic E-state index is 0.0632. The van der Waals surface area contributed by atoms with Crippen molar-refractivity contribution in [2.24, 2.45) is 11.3 Å². The Kier molecular flexibility index (Phi) is 8.12. The van der Waals surface area contributed by atoms with Gasteiger partial charge < -0.3 is 25.4 Å². The first-order chi connectivity index (χ1) is 19.1. The number of phenols is 1. The first kappa shape index (κ1) is 30.3. The third-order valence-electron chi connectivity index (χ3n) is 8.25. The first-order valence-electron chi connectivity index (χ1n) is 13.9. The lowest BCUT2D eigenvalue weighted by Crippen LogP contribution is -2.44. The molecule has 41 heavy (non-hydrogen) atoms. The maximum absolute atomic E-state index is 14.3. The fourth-order valence-electron chi connectivity index (χ4n) is 5.79. The summed E-state index contributed by atoms with van der Waals surface area (Å²) in [6, 6.07) is 1.31. The number of ketones is 3. The third-order valence-corrected chi connectivity index (χ3v) is 8.25. The van der Waals surface area contributed by atoms with E-state index in [2.05, 4.69) is 5.32 Å². The Bertz CT molecular complexity index is 1400. The number of esters is 1. The number of Topliss-reactive ketones (excluding diaryl/α,β-unsaturated/α-hetero) is 3. The zero-order valence-electron chi connectivity index (χ0n) is 24.0. The minimum atomic E-state index is -1.84. The molecule has 10 heteroatoms. The van der Waals surface area contributed by atoms with Crippen LogP contribution in [0.2, 0.25) is 0 Å². The van der Waals surface area contributed by atoms with Crippen molar-refractivity contribution < 1.29 is 44.0 Å². The zero-order valence-corrected chi connectivity index (χ0v) is 24.0. The van der Waals surface area contributed by atoms with Gasteiger partial charge in [-0.25, -0.2) is 0 Å². The molecule has 0 saturated carbocycles. The molecule has 0 spiro atoms. The fourth-order valence-corrected chi connectivity index (χ4v) is 5.79. The number of aryl methyl sites for hydroxylation is 1. The topological polar surface area (TPSA) is 167 Å². The van der Waals surface area contributed by atoms with Gasteiger partial charge in [0.05, 0.1) is 22.3 Å². The number of ether oxygens (including phenoxy) is 1. The van der Waals surface area contributed by atoms with Crippen molar-refractivity contribution in [2.75, 3.05) is 0 Å². The SMILES string of the molecule is CC[C@H]1/C=C/[C@H](O)[C@H](CC(C)(C)O)OC(=O)[C@@]2(C)CCC(=O)NC3=C2C(=O)c2c(cc(C)c(O)c2C(=O)CC1)C3=O. The molecular formula is C31H37NO9. The van der Waals surface area contributed by atoms with E-state index in [4.69, 9.17) is 4.74 Å². The van der Waals surface area contributed by atoms with E-state index in [9.17, 15) is 39.3 Å². The summed E-state index contributed by atoms with van der Waals surface area (Å²) in [5.74, 6) is -4.29. The molecule has 220 valence electrons. The highest BCUT2D eigenvalue weighted by Crippen LogP contribution is 2.45. The van der Waals surface area contributed by atoms with Crippen LogP contribution in [0.1, 0.15) is 103 Å². The number of nitrogens with one attached hydrogen (secondary N) is 1. The Labute approximate surface area is 238 Å². The van der Waals surface area contributed by atoms with Crippen LogP contribution in [0, 0.1) is 18.3 Å². The Morgan fingerprint density at radius 1 is 1.07 bits per heavy atom. The highest BCUT2D eigenvalue weighted by atomic mass is 16.6. The number of hydrogen-bond donors (Lipinski definition) is 4. The number of amides is 1. The van der Waals surface area contributed by atoms with Crippen LogP contribution in [0.15, 0.2) is 29.5 Å². The number of carbonyl (C=O) groups is 5. The Balaban J connectivity index is 1.99. The van der Waals surface area contributed by atoms with Gasteiger partial charge in [-0.05, 0) is 64.5 Å². The van der Waals surface area contributed by atoms with Crippen molar-refractivity contribution in [1.29, 1.82) is 0 Å². The Hall–Kier alpha value is -3.63. The number of aliphatic hydroxyl groups is 2.